The number of fused-ring (bicyclic) bond motifs is 1. The largest absolute Gasteiger partial charge is 0.368 e. The van der Waals surface area contributed by atoms with E-state index >= 15 is 0 Å². The molecule has 3 aliphatic rings. The molecule has 2 amide bonds. The molecule has 3 aliphatic heterocycles. The molecule has 0 saturated carbocycles. The van der Waals surface area contributed by atoms with Gasteiger partial charge in [-0.3, -0.25) is 9.59 Å². The summed E-state index contributed by atoms with van der Waals surface area (Å²) in [7, 11) is 2.02. The van der Waals surface area contributed by atoms with E-state index in [-0.39, 0.29) is 17.9 Å². The third-order valence-corrected chi connectivity index (χ3v) is 6.27. The van der Waals surface area contributed by atoms with Crippen molar-refractivity contribution in [2.24, 2.45) is 0 Å². The lowest BCUT2D eigenvalue weighted by Gasteiger charge is -2.38. The SMILES string of the molecule is CN1NCc2ccc(-c3ccc(C(=O)N4CCN(C(=O)C5CCO5)CC4)cc3)cc21. The maximum atomic E-state index is 12.9. The van der Waals surface area contributed by atoms with E-state index in [9.17, 15) is 9.59 Å². The minimum Gasteiger partial charge on any atom is -0.368 e. The van der Waals surface area contributed by atoms with E-state index < -0.39 is 0 Å². The monoisotopic (exact) mass is 406 g/mol. The molecule has 5 rings (SSSR count). The third-order valence-electron chi connectivity index (χ3n) is 6.27. The van der Waals surface area contributed by atoms with Crippen LogP contribution in [0.5, 0.6) is 0 Å². The van der Waals surface area contributed by atoms with E-state index in [0.717, 1.165) is 24.1 Å². The summed E-state index contributed by atoms with van der Waals surface area (Å²) in [5.41, 5.74) is 8.68. The first kappa shape index (κ1) is 19.1. The Labute approximate surface area is 176 Å². The number of nitrogens with zero attached hydrogens (tertiary/aromatic N) is 3. The molecule has 2 aromatic carbocycles. The van der Waals surface area contributed by atoms with Gasteiger partial charge in [-0.25, -0.2) is 5.43 Å². The summed E-state index contributed by atoms with van der Waals surface area (Å²) in [4.78, 5) is 28.8. The molecule has 0 aromatic heterocycles. The molecule has 1 atom stereocenters. The van der Waals surface area contributed by atoms with Crippen molar-refractivity contribution < 1.29 is 14.3 Å². The second-order valence-electron chi connectivity index (χ2n) is 8.08. The second kappa shape index (κ2) is 7.74. The predicted octanol–water partition coefficient (Wildman–Crippen LogP) is 1.88. The Morgan fingerprint density at radius 3 is 2.30 bits per heavy atom. The number of amides is 2. The normalized spacial score (nSPS) is 20.7. The zero-order chi connectivity index (χ0) is 20.7. The van der Waals surface area contributed by atoms with Crippen LogP contribution >= 0.6 is 0 Å². The summed E-state index contributed by atoms with van der Waals surface area (Å²) < 4.78 is 5.29. The fraction of sp³-hybridized carbons (Fsp3) is 0.391. The Hall–Kier alpha value is -2.90. The van der Waals surface area contributed by atoms with Crippen LogP contribution in [0.3, 0.4) is 0 Å². The number of anilines is 1. The molecule has 0 radical (unpaired) electrons. The van der Waals surface area contributed by atoms with E-state index in [1.807, 2.05) is 46.1 Å². The van der Waals surface area contributed by atoms with Crippen molar-refractivity contribution in [1.82, 2.24) is 15.2 Å². The van der Waals surface area contributed by atoms with E-state index in [1.54, 1.807) is 0 Å². The minimum absolute atomic E-state index is 0.0198. The number of piperazine rings is 1. The summed E-state index contributed by atoms with van der Waals surface area (Å²) in [6, 6.07) is 14.2. The van der Waals surface area contributed by atoms with Gasteiger partial charge in [0.2, 0.25) is 0 Å². The van der Waals surface area contributed by atoms with Crippen LogP contribution in [-0.2, 0) is 16.1 Å². The molecule has 7 heteroatoms. The van der Waals surface area contributed by atoms with Crippen LogP contribution in [-0.4, -0.2) is 67.6 Å². The number of carbonyl (C=O) groups excluding carboxylic acids is 2. The van der Waals surface area contributed by atoms with E-state index in [2.05, 4.69) is 23.6 Å². The van der Waals surface area contributed by atoms with E-state index in [0.29, 0.717) is 38.3 Å². The summed E-state index contributed by atoms with van der Waals surface area (Å²) in [6.07, 6.45) is 0.538. The number of rotatable bonds is 3. The highest BCUT2D eigenvalue weighted by Crippen LogP contribution is 2.30. The summed E-state index contributed by atoms with van der Waals surface area (Å²) in [6.45, 7) is 3.78. The zero-order valence-corrected chi connectivity index (χ0v) is 17.1. The van der Waals surface area contributed by atoms with Gasteiger partial charge in [0.25, 0.3) is 11.8 Å². The Kier molecular flexibility index (Phi) is 4.92. The molecule has 7 nitrogen and oxygen atoms in total. The maximum Gasteiger partial charge on any atom is 0.253 e. The number of hydrogen-bond donors (Lipinski definition) is 1. The molecule has 0 spiro atoms. The number of nitrogens with one attached hydrogen (secondary N) is 1. The Morgan fingerprint density at radius 2 is 1.63 bits per heavy atom. The van der Waals surface area contributed by atoms with Gasteiger partial charge in [-0.15, -0.1) is 0 Å². The van der Waals surface area contributed by atoms with E-state index in [1.165, 1.54) is 11.3 Å². The third kappa shape index (κ3) is 3.44. The Bertz CT molecular complexity index is 963. The van der Waals surface area contributed by atoms with Crippen molar-refractivity contribution in [2.45, 2.75) is 19.1 Å². The lowest BCUT2D eigenvalue weighted by molar-refractivity contribution is -0.157. The molecule has 2 aromatic rings. The Balaban J connectivity index is 1.23. The van der Waals surface area contributed by atoms with Crippen LogP contribution in [0.2, 0.25) is 0 Å². The van der Waals surface area contributed by atoms with Gasteiger partial charge >= 0.3 is 0 Å². The Morgan fingerprint density at radius 1 is 0.967 bits per heavy atom. The van der Waals surface area contributed by atoms with Crippen molar-refractivity contribution in [1.29, 1.82) is 0 Å². The molecule has 3 heterocycles. The molecule has 1 unspecified atom stereocenters. The highest BCUT2D eigenvalue weighted by Gasteiger charge is 2.33. The molecule has 2 saturated heterocycles. The summed E-state index contributed by atoms with van der Waals surface area (Å²) in [5, 5.41) is 2.04. The van der Waals surface area contributed by atoms with Crippen LogP contribution < -0.4 is 10.4 Å². The topological polar surface area (TPSA) is 65.1 Å². The van der Waals surface area contributed by atoms with Gasteiger partial charge in [0.15, 0.2) is 0 Å². The van der Waals surface area contributed by atoms with Crippen molar-refractivity contribution in [3.8, 4) is 11.1 Å². The standard InChI is InChI=1S/C23H26N4O3/c1-25-20-14-18(6-7-19(20)15-24-25)16-2-4-17(5-3-16)22(28)26-9-11-27(12-10-26)23(29)21-8-13-30-21/h2-7,14,21,24H,8-13,15H2,1H3. The number of carbonyl (C=O) groups is 2. The van der Waals surface area contributed by atoms with Crippen LogP contribution in [0.15, 0.2) is 42.5 Å². The molecule has 0 aliphatic carbocycles. The van der Waals surface area contributed by atoms with Gasteiger partial charge in [-0.2, -0.15) is 0 Å². The molecule has 30 heavy (non-hydrogen) atoms. The van der Waals surface area contributed by atoms with Gasteiger partial charge in [-0.05, 0) is 34.9 Å². The summed E-state index contributed by atoms with van der Waals surface area (Å²) in [5.74, 6) is 0.0827. The average Bonchev–Trinajstić information content (AvgIpc) is 3.12. The van der Waals surface area contributed by atoms with Crippen LogP contribution in [0, 0.1) is 0 Å². The predicted molar refractivity (Wildman–Crippen MR) is 114 cm³/mol. The zero-order valence-electron chi connectivity index (χ0n) is 17.1. The minimum atomic E-state index is -0.269. The summed E-state index contributed by atoms with van der Waals surface area (Å²) >= 11 is 0. The van der Waals surface area contributed by atoms with Gasteiger partial charge in [0, 0.05) is 51.8 Å². The first-order valence-electron chi connectivity index (χ1n) is 10.5. The molecular weight excluding hydrogens is 380 g/mol. The first-order chi connectivity index (χ1) is 14.6. The fourth-order valence-electron chi connectivity index (χ4n) is 4.25. The molecule has 156 valence electrons. The van der Waals surface area contributed by atoms with Crippen LogP contribution in [0.1, 0.15) is 22.3 Å². The van der Waals surface area contributed by atoms with Crippen LogP contribution in [0.4, 0.5) is 5.69 Å². The average molecular weight is 406 g/mol. The highest BCUT2D eigenvalue weighted by molar-refractivity contribution is 5.95. The number of ether oxygens (including phenoxy) is 1. The number of benzene rings is 2. The number of hydrazine groups is 1. The lowest BCUT2D eigenvalue weighted by Crippen LogP contribution is -2.54. The molecule has 2 fully saturated rings. The van der Waals surface area contributed by atoms with Gasteiger partial charge in [0.1, 0.15) is 6.10 Å². The van der Waals surface area contributed by atoms with Gasteiger partial charge in [-0.1, -0.05) is 24.3 Å². The molecule has 1 N–H and O–H groups in total. The highest BCUT2D eigenvalue weighted by atomic mass is 16.5. The second-order valence-corrected chi connectivity index (χ2v) is 8.08. The first-order valence-corrected chi connectivity index (χ1v) is 10.5. The molecule has 0 bridgehead atoms. The maximum absolute atomic E-state index is 12.9. The van der Waals surface area contributed by atoms with Gasteiger partial charge in [0.05, 0.1) is 12.3 Å². The van der Waals surface area contributed by atoms with Crippen LogP contribution in [0.25, 0.3) is 11.1 Å². The van der Waals surface area contributed by atoms with Crippen molar-refractivity contribution >= 4 is 17.5 Å². The fourth-order valence-corrected chi connectivity index (χ4v) is 4.25. The van der Waals surface area contributed by atoms with Crippen molar-refractivity contribution in [3.63, 3.8) is 0 Å². The quantitative estimate of drug-likeness (QED) is 0.843. The number of hydrogen-bond acceptors (Lipinski definition) is 5. The molecular formula is C23H26N4O3. The lowest BCUT2D eigenvalue weighted by atomic mass is 10.0. The van der Waals surface area contributed by atoms with Crippen molar-refractivity contribution in [2.75, 3.05) is 44.8 Å². The smallest absolute Gasteiger partial charge is 0.253 e. The van der Waals surface area contributed by atoms with E-state index in [4.69, 9.17) is 4.74 Å². The van der Waals surface area contributed by atoms with Crippen molar-refractivity contribution in [3.05, 3.63) is 53.6 Å². The van der Waals surface area contributed by atoms with Gasteiger partial charge < -0.3 is 19.5 Å².